The van der Waals surface area contributed by atoms with Gasteiger partial charge < -0.3 is 10.5 Å². The minimum Gasteiger partial charge on any atom is -0.383 e. The van der Waals surface area contributed by atoms with Gasteiger partial charge in [-0.3, -0.25) is 0 Å². The van der Waals surface area contributed by atoms with Crippen molar-refractivity contribution in [3.8, 4) is 0 Å². The number of pyridine rings is 1. The minimum atomic E-state index is 0.363. The first-order valence-corrected chi connectivity index (χ1v) is 7.11. The fraction of sp³-hybridized carbons (Fsp3) is 0.643. The van der Waals surface area contributed by atoms with E-state index in [0.717, 1.165) is 31.4 Å². The fourth-order valence-corrected chi connectivity index (χ4v) is 2.75. The predicted molar refractivity (Wildman–Crippen MR) is 74.9 cm³/mol. The standard InChI is InChI=1S/C14H21ClN2O/c1-2-3-4-12-7-10(5-6-18-12)13-8-11(15)9-17-14(13)16/h8-10,12H,2-7H2,1H3,(H2,16,17)/t10-,12?/m0/s1. The Labute approximate surface area is 114 Å². The number of anilines is 1. The third kappa shape index (κ3) is 3.36. The van der Waals surface area contributed by atoms with Crippen molar-refractivity contribution in [1.82, 2.24) is 4.98 Å². The summed E-state index contributed by atoms with van der Waals surface area (Å²) < 4.78 is 5.81. The zero-order chi connectivity index (χ0) is 13.0. The monoisotopic (exact) mass is 268 g/mol. The normalized spacial score (nSPS) is 24.1. The molecule has 0 aliphatic carbocycles. The largest absolute Gasteiger partial charge is 0.383 e. The molecule has 0 aromatic carbocycles. The van der Waals surface area contributed by atoms with Crippen LogP contribution >= 0.6 is 11.6 Å². The van der Waals surface area contributed by atoms with Gasteiger partial charge >= 0.3 is 0 Å². The van der Waals surface area contributed by atoms with E-state index in [1.807, 2.05) is 6.07 Å². The van der Waals surface area contributed by atoms with Crippen molar-refractivity contribution in [2.75, 3.05) is 12.3 Å². The molecule has 1 unspecified atom stereocenters. The summed E-state index contributed by atoms with van der Waals surface area (Å²) in [6, 6.07) is 1.96. The Balaban J connectivity index is 2.05. The van der Waals surface area contributed by atoms with Crippen LogP contribution in [-0.2, 0) is 4.74 Å². The van der Waals surface area contributed by atoms with E-state index in [1.54, 1.807) is 6.20 Å². The number of unbranched alkanes of at least 4 members (excludes halogenated alkanes) is 1. The van der Waals surface area contributed by atoms with Crippen molar-refractivity contribution in [2.45, 2.75) is 51.0 Å². The molecule has 0 bridgehead atoms. The molecular weight excluding hydrogens is 248 g/mol. The topological polar surface area (TPSA) is 48.1 Å². The molecule has 100 valence electrons. The highest BCUT2D eigenvalue weighted by molar-refractivity contribution is 6.30. The van der Waals surface area contributed by atoms with Crippen LogP contribution in [0.4, 0.5) is 5.82 Å². The molecule has 2 heterocycles. The first kappa shape index (κ1) is 13.6. The van der Waals surface area contributed by atoms with Crippen molar-refractivity contribution >= 4 is 17.4 Å². The Kier molecular flexibility index (Phi) is 4.84. The van der Waals surface area contributed by atoms with Crippen LogP contribution in [-0.4, -0.2) is 17.7 Å². The van der Waals surface area contributed by atoms with Crippen LogP contribution in [0.25, 0.3) is 0 Å². The first-order valence-electron chi connectivity index (χ1n) is 6.73. The summed E-state index contributed by atoms with van der Waals surface area (Å²) in [5.74, 6) is 1.05. The second kappa shape index (κ2) is 6.39. The lowest BCUT2D eigenvalue weighted by Crippen LogP contribution is -2.25. The van der Waals surface area contributed by atoms with Gasteiger partial charge in [0.1, 0.15) is 5.82 Å². The van der Waals surface area contributed by atoms with Gasteiger partial charge in [0.2, 0.25) is 0 Å². The Morgan fingerprint density at radius 2 is 2.39 bits per heavy atom. The second-order valence-electron chi connectivity index (χ2n) is 4.98. The summed E-state index contributed by atoms with van der Waals surface area (Å²) in [6.07, 6.45) is 7.59. The highest BCUT2D eigenvalue weighted by Gasteiger charge is 2.25. The number of hydrogen-bond donors (Lipinski definition) is 1. The first-order chi connectivity index (χ1) is 8.70. The van der Waals surface area contributed by atoms with E-state index in [1.165, 1.54) is 12.8 Å². The lowest BCUT2D eigenvalue weighted by molar-refractivity contribution is 0.000893. The quantitative estimate of drug-likeness (QED) is 0.904. The third-order valence-corrected chi connectivity index (χ3v) is 3.81. The summed E-state index contributed by atoms with van der Waals surface area (Å²) >= 11 is 6.01. The second-order valence-corrected chi connectivity index (χ2v) is 5.42. The number of ether oxygens (including phenoxy) is 1. The van der Waals surface area contributed by atoms with Gasteiger partial charge in [-0.15, -0.1) is 0 Å². The molecule has 0 saturated carbocycles. The summed E-state index contributed by atoms with van der Waals surface area (Å²) in [4.78, 5) is 4.15. The number of halogens is 1. The molecule has 2 atom stereocenters. The van der Waals surface area contributed by atoms with Gasteiger partial charge in [-0.2, -0.15) is 0 Å². The van der Waals surface area contributed by atoms with Crippen LogP contribution in [0.5, 0.6) is 0 Å². The average Bonchev–Trinajstić information content (AvgIpc) is 2.39. The Bertz CT molecular complexity index is 397. The Morgan fingerprint density at radius 3 is 3.17 bits per heavy atom. The average molecular weight is 269 g/mol. The van der Waals surface area contributed by atoms with Crippen molar-refractivity contribution in [3.63, 3.8) is 0 Å². The smallest absolute Gasteiger partial charge is 0.126 e. The Morgan fingerprint density at radius 1 is 1.56 bits per heavy atom. The maximum atomic E-state index is 6.01. The summed E-state index contributed by atoms with van der Waals surface area (Å²) in [7, 11) is 0. The van der Waals surface area contributed by atoms with E-state index < -0.39 is 0 Å². The fourth-order valence-electron chi connectivity index (χ4n) is 2.59. The number of rotatable bonds is 4. The molecule has 2 N–H and O–H groups in total. The summed E-state index contributed by atoms with van der Waals surface area (Å²) in [5, 5.41) is 0.663. The molecule has 18 heavy (non-hydrogen) atoms. The van der Waals surface area contributed by atoms with Gasteiger partial charge in [-0.05, 0) is 36.8 Å². The number of nitrogen functional groups attached to an aromatic ring is 1. The van der Waals surface area contributed by atoms with Gasteiger partial charge in [0.05, 0.1) is 11.1 Å². The minimum absolute atomic E-state index is 0.363. The zero-order valence-electron chi connectivity index (χ0n) is 10.9. The lowest BCUT2D eigenvalue weighted by Gasteiger charge is -2.30. The van der Waals surface area contributed by atoms with Crippen molar-refractivity contribution < 1.29 is 4.74 Å². The summed E-state index contributed by atoms with van der Waals surface area (Å²) in [6.45, 7) is 3.02. The molecule has 0 radical (unpaired) electrons. The van der Waals surface area contributed by atoms with Gasteiger partial charge in [-0.25, -0.2) is 4.98 Å². The van der Waals surface area contributed by atoms with Crippen LogP contribution in [0, 0.1) is 0 Å². The molecule has 1 aromatic rings. The molecule has 0 spiro atoms. The molecule has 0 amide bonds. The third-order valence-electron chi connectivity index (χ3n) is 3.60. The van der Waals surface area contributed by atoms with Crippen LogP contribution < -0.4 is 5.73 Å². The Hall–Kier alpha value is -0.800. The molecule has 1 aromatic heterocycles. The van der Waals surface area contributed by atoms with Crippen LogP contribution in [0.2, 0.25) is 5.02 Å². The number of nitrogens with zero attached hydrogens (tertiary/aromatic N) is 1. The van der Waals surface area contributed by atoms with E-state index >= 15 is 0 Å². The van der Waals surface area contributed by atoms with Gasteiger partial charge in [-0.1, -0.05) is 31.4 Å². The lowest BCUT2D eigenvalue weighted by atomic mass is 9.87. The number of nitrogens with two attached hydrogens (primary N) is 1. The SMILES string of the molecule is CCCCC1C[C@@H](c2cc(Cl)cnc2N)CCO1. The summed E-state index contributed by atoms with van der Waals surface area (Å²) in [5.41, 5.74) is 7.05. The van der Waals surface area contributed by atoms with Crippen molar-refractivity contribution in [1.29, 1.82) is 0 Å². The molecule has 4 heteroatoms. The van der Waals surface area contributed by atoms with Gasteiger partial charge in [0, 0.05) is 12.8 Å². The molecular formula is C14H21ClN2O. The molecule has 1 aliphatic heterocycles. The van der Waals surface area contributed by atoms with Crippen molar-refractivity contribution in [2.24, 2.45) is 0 Å². The number of hydrogen-bond acceptors (Lipinski definition) is 3. The van der Waals surface area contributed by atoms with Crippen LogP contribution in [0.1, 0.15) is 50.5 Å². The predicted octanol–water partition coefficient (Wildman–Crippen LogP) is 3.77. The molecule has 3 nitrogen and oxygen atoms in total. The molecule has 1 saturated heterocycles. The highest BCUT2D eigenvalue weighted by Crippen LogP contribution is 2.35. The van der Waals surface area contributed by atoms with E-state index in [9.17, 15) is 0 Å². The molecule has 1 aliphatic rings. The van der Waals surface area contributed by atoms with E-state index in [0.29, 0.717) is 22.9 Å². The van der Waals surface area contributed by atoms with Gasteiger partial charge in [0.25, 0.3) is 0 Å². The highest BCUT2D eigenvalue weighted by atomic mass is 35.5. The van der Waals surface area contributed by atoms with E-state index in [-0.39, 0.29) is 0 Å². The van der Waals surface area contributed by atoms with Gasteiger partial charge in [0.15, 0.2) is 0 Å². The maximum absolute atomic E-state index is 6.01. The van der Waals surface area contributed by atoms with Crippen LogP contribution in [0.15, 0.2) is 12.3 Å². The van der Waals surface area contributed by atoms with E-state index in [4.69, 9.17) is 22.1 Å². The molecule has 1 fully saturated rings. The maximum Gasteiger partial charge on any atom is 0.126 e. The zero-order valence-corrected chi connectivity index (χ0v) is 11.6. The van der Waals surface area contributed by atoms with Crippen LogP contribution in [0.3, 0.4) is 0 Å². The number of aromatic nitrogens is 1. The van der Waals surface area contributed by atoms with E-state index in [2.05, 4.69) is 11.9 Å². The van der Waals surface area contributed by atoms with Crippen molar-refractivity contribution in [3.05, 3.63) is 22.8 Å². The molecule has 2 rings (SSSR count).